The van der Waals surface area contributed by atoms with Crippen molar-refractivity contribution in [3.05, 3.63) is 12.4 Å². The van der Waals surface area contributed by atoms with Gasteiger partial charge in [-0.1, -0.05) is 6.92 Å². The molecule has 2 rings (SSSR count). The Hall–Kier alpha value is -1.52. The first kappa shape index (κ1) is 12.0. The highest BCUT2D eigenvalue weighted by atomic mass is 16.4. The number of anilines is 1. The van der Waals surface area contributed by atoms with Gasteiger partial charge in [0, 0.05) is 25.5 Å². The van der Waals surface area contributed by atoms with Crippen molar-refractivity contribution in [3.8, 4) is 0 Å². The first-order valence-electron chi connectivity index (χ1n) is 6.14. The van der Waals surface area contributed by atoms with E-state index >= 15 is 0 Å². The number of carboxylic acid groups (broad SMARTS) is 1. The van der Waals surface area contributed by atoms with Crippen LogP contribution >= 0.6 is 0 Å². The number of carboxylic acids is 1. The Morgan fingerprint density at radius 3 is 3.06 bits per heavy atom. The van der Waals surface area contributed by atoms with Gasteiger partial charge >= 0.3 is 5.97 Å². The standard InChI is InChI=1S/C12H19N3O2/c1-3-14-7-5-13-12(14)15-6-4-9(2)8-10(15)11(16)17/h5,7,9-10H,3-4,6,8H2,1-2H3,(H,16,17). The summed E-state index contributed by atoms with van der Waals surface area (Å²) in [4.78, 5) is 17.5. The van der Waals surface area contributed by atoms with E-state index in [-0.39, 0.29) is 0 Å². The van der Waals surface area contributed by atoms with Crippen LogP contribution in [0.3, 0.4) is 0 Å². The van der Waals surface area contributed by atoms with E-state index in [0.29, 0.717) is 12.3 Å². The number of aryl methyl sites for hydroxylation is 1. The van der Waals surface area contributed by atoms with Crippen molar-refractivity contribution >= 4 is 11.9 Å². The molecule has 1 fully saturated rings. The van der Waals surface area contributed by atoms with Gasteiger partial charge in [0.2, 0.25) is 5.95 Å². The van der Waals surface area contributed by atoms with Crippen LogP contribution in [0, 0.1) is 5.92 Å². The van der Waals surface area contributed by atoms with Crippen LogP contribution in [0.15, 0.2) is 12.4 Å². The molecule has 1 aromatic rings. The van der Waals surface area contributed by atoms with Crippen LogP contribution in [0.5, 0.6) is 0 Å². The van der Waals surface area contributed by atoms with Gasteiger partial charge < -0.3 is 14.6 Å². The molecule has 0 amide bonds. The SMILES string of the molecule is CCn1ccnc1N1CCC(C)CC1C(=O)O. The third-order valence-corrected chi connectivity index (χ3v) is 3.44. The molecule has 5 heteroatoms. The van der Waals surface area contributed by atoms with Gasteiger partial charge in [-0.2, -0.15) is 0 Å². The second-order valence-corrected chi connectivity index (χ2v) is 4.69. The minimum atomic E-state index is -0.748. The van der Waals surface area contributed by atoms with Crippen molar-refractivity contribution in [1.82, 2.24) is 9.55 Å². The number of aliphatic carboxylic acids is 1. The zero-order valence-corrected chi connectivity index (χ0v) is 10.3. The van der Waals surface area contributed by atoms with E-state index in [4.69, 9.17) is 0 Å². The molecule has 0 aromatic carbocycles. The molecule has 2 heterocycles. The van der Waals surface area contributed by atoms with E-state index < -0.39 is 12.0 Å². The summed E-state index contributed by atoms with van der Waals surface area (Å²) < 4.78 is 1.99. The van der Waals surface area contributed by atoms with Crippen LogP contribution in [0.1, 0.15) is 26.7 Å². The lowest BCUT2D eigenvalue weighted by Crippen LogP contribution is -2.48. The Balaban J connectivity index is 2.26. The zero-order chi connectivity index (χ0) is 12.4. The summed E-state index contributed by atoms with van der Waals surface area (Å²) in [6, 6.07) is -0.438. The van der Waals surface area contributed by atoms with Gasteiger partial charge in [0.15, 0.2) is 0 Å². The van der Waals surface area contributed by atoms with Crippen LogP contribution in [0.2, 0.25) is 0 Å². The molecule has 17 heavy (non-hydrogen) atoms. The van der Waals surface area contributed by atoms with Gasteiger partial charge in [0.05, 0.1) is 0 Å². The van der Waals surface area contributed by atoms with Crippen LogP contribution in [0.25, 0.3) is 0 Å². The fourth-order valence-corrected chi connectivity index (χ4v) is 2.42. The van der Waals surface area contributed by atoms with Crippen molar-refractivity contribution < 1.29 is 9.90 Å². The summed E-state index contributed by atoms with van der Waals surface area (Å²) in [5.41, 5.74) is 0. The maximum absolute atomic E-state index is 11.3. The molecule has 5 nitrogen and oxygen atoms in total. The van der Waals surface area contributed by atoms with E-state index in [1.807, 2.05) is 22.6 Å². The minimum Gasteiger partial charge on any atom is -0.480 e. The average Bonchev–Trinajstić information content (AvgIpc) is 2.76. The Morgan fingerprint density at radius 2 is 2.41 bits per heavy atom. The molecule has 2 atom stereocenters. The lowest BCUT2D eigenvalue weighted by Gasteiger charge is -2.36. The largest absolute Gasteiger partial charge is 0.480 e. The number of aromatic nitrogens is 2. The third kappa shape index (κ3) is 2.28. The topological polar surface area (TPSA) is 58.4 Å². The molecule has 1 aliphatic rings. The van der Waals surface area contributed by atoms with Crippen LogP contribution < -0.4 is 4.90 Å². The summed E-state index contributed by atoms with van der Waals surface area (Å²) in [6.45, 7) is 5.73. The molecule has 0 radical (unpaired) electrons. The molecule has 1 aromatic heterocycles. The van der Waals surface area contributed by atoms with Crippen LogP contribution in [0.4, 0.5) is 5.95 Å². The molecule has 1 saturated heterocycles. The molecule has 0 bridgehead atoms. The lowest BCUT2D eigenvalue weighted by atomic mass is 9.93. The maximum atomic E-state index is 11.3. The highest BCUT2D eigenvalue weighted by molar-refractivity contribution is 5.77. The lowest BCUT2D eigenvalue weighted by molar-refractivity contribution is -0.139. The fourth-order valence-electron chi connectivity index (χ4n) is 2.42. The number of piperidine rings is 1. The highest BCUT2D eigenvalue weighted by Crippen LogP contribution is 2.27. The minimum absolute atomic E-state index is 0.438. The first-order valence-corrected chi connectivity index (χ1v) is 6.14. The summed E-state index contributed by atoms with van der Waals surface area (Å²) in [5, 5.41) is 9.31. The van der Waals surface area contributed by atoms with Crippen molar-refractivity contribution in [2.45, 2.75) is 39.3 Å². The predicted molar refractivity (Wildman–Crippen MR) is 65.1 cm³/mol. The van der Waals surface area contributed by atoms with Crippen molar-refractivity contribution in [2.75, 3.05) is 11.4 Å². The number of imidazole rings is 1. The van der Waals surface area contributed by atoms with E-state index in [2.05, 4.69) is 11.9 Å². The Bertz CT molecular complexity index is 402. The molecular weight excluding hydrogens is 218 g/mol. The number of rotatable bonds is 3. The summed E-state index contributed by atoms with van der Waals surface area (Å²) in [6.07, 6.45) is 5.36. The average molecular weight is 237 g/mol. The number of carbonyl (C=O) groups is 1. The second-order valence-electron chi connectivity index (χ2n) is 4.69. The molecule has 1 aliphatic heterocycles. The fraction of sp³-hybridized carbons (Fsp3) is 0.667. The summed E-state index contributed by atoms with van der Waals surface area (Å²) in [7, 11) is 0. The van der Waals surface area contributed by atoms with Gasteiger partial charge in [-0.25, -0.2) is 9.78 Å². The predicted octanol–water partition coefficient (Wildman–Crippen LogP) is 1.59. The summed E-state index contributed by atoms with van der Waals surface area (Å²) in [5.74, 6) is 0.506. The van der Waals surface area contributed by atoms with Gasteiger partial charge in [-0.15, -0.1) is 0 Å². The normalized spacial score (nSPS) is 24.9. The van der Waals surface area contributed by atoms with Crippen molar-refractivity contribution in [1.29, 1.82) is 0 Å². The van der Waals surface area contributed by atoms with Gasteiger partial charge in [0.1, 0.15) is 6.04 Å². The van der Waals surface area contributed by atoms with Crippen molar-refractivity contribution in [3.63, 3.8) is 0 Å². The number of hydrogen-bond donors (Lipinski definition) is 1. The Morgan fingerprint density at radius 1 is 1.65 bits per heavy atom. The number of hydrogen-bond acceptors (Lipinski definition) is 3. The third-order valence-electron chi connectivity index (χ3n) is 3.44. The molecule has 0 saturated carbocycles. The molecule has 2 unspecified atom stereocenters. The van der Waals surface area contributed by atoms with E-state index in [9.17, 15) is 9.90 Å². The first-order chi connectivity index (χ1) is 8.13. The van der Waals surface area contributed by atoms with Gasteiger partial charge in [0.25, 0.3) is 0 Å². The number of nitrogens with zero attached hydrogens (tertiary/aromatic N) is 3. The van der Waals surface area contributed by atoms with Gasteiger partial charge in [-0.3, -0.25) is 0 Å². The molecule has 0 spiro atoms. The maximum Gasteiger partial charge on any atom is 0.326 e. The van der Waals surface area contributed by atoms with E-state index in [1.165, 1.54) is 0 Å². The van der Waals surface area contributed by atoms with Crippen LogP contribution in [-0.4, -0.2) is 33.2 Å². The highest BCUT2D eigenvalue weighted by Gasteiger charge is 2.33. The zero-order valence-electron chi connectivity index (χ0n) is 10.3. The van der Waals surface area contributed by atoms with E-state index in [1.54, 1.807) is 6.20 Å². The Kier molecular flexibility index (Phi) is 3.36. The van der Waals surface area contributed by atoms with Gasteiger partial charge in [-0.05, 0) is 25.7 Å². The van der Waals surface area contributed by atoms with Crippen LogP contribution in [-0.2, 0) is 11.3 Å². The smallest absolute Gasteiger partial charge is 0.326 e. The molecule has 0 aliphatic carbocycles. The summed E-state index contributed by atoms with van der Waals surface area (Å²) >= 11 is 0. The monoisotopic (exact) mass is 237 g/mol. The second kappa shape index (κ2) is 4.77. The molecule has 94 valence electrons. The molecule has 1 N–H and O–H groups in total. The Labute approximate surface area is 101 Å². The van der Waals surface area contributed by atoms with E-state index in [0.717, 1.165) is 25.5 Å². The molecular formula is C12H19N3O2. The quantitative estimate of drug-likeness (QED) is 0.867. The van der Waals surface area contributed by atoms with Crippen molar-refractivity contribution in [2.24, 2.45) is 5.92 Å².